The molecule has 0 aliphatic carbocycles. The predicted molar refractivity (Wildman–Crippen MR) is 95.8 cm³/mol. The van der Waals surface area contributed by atoms with E-state index in [1.54, 1.807) is 0 Å². The van der Waals surface area contributed by atoms with Gasteiger partial charge in [-0.1, -0.05) is 36.4 Å². The van der Waals surface area contributed by atoms with Gasteiger partial charge in [0.2, 0.25) is 0 Å². The lowest BCUT2D eigenvalue weighted by atomic mass is 10.1. The van der Waals surface area contributed by atoms with Gasteiger partial charge in [-0.25, -0.2) is 4.79 Å². The van der Waals surface area contributed by atoms with Gasteiger partial charge in [0.1, 0.15) is 0 Å². The first-order chi connectivity index (χ1) is 10.7. The van der Waals surface area contributed by atoms with Gasteiger partial charge < -0.3 is 9.64 Å². The number of rotatable bonds is 3. The number of esters is 1. The van der Waals surface area contributed by atoms with Gasteiger partial charge in [0, 0.05) is 21.9 Å². The van der Waals surface area contributed by atoms with Crippen LogP contribution in [0.3, 0.4) is 0 Å². The Kier molecular flexibility index (Phi) is 4.47. The van der Waals surface area contributed by atoms with Crippen LogP contribution in [0.15, 0.2) is 71.7 Å². The van der Waals surface area contributed by atoms with Crippen LogP contribution in [0, 0.1) is 0 Å². The summed E-state index contributed by atoms with van der Waals surface area (Å²) in [5.74, 6) is -0.227. The van der Waals surface area contributed by atoms with Crippen molar-refractivity contribution in [3.63, 3.8) is 0 Å². The number of benzene rings is 1. The van der Waals surface area contributed by atoms with Gasteiger partial charge in [-0.05, 0) is 47.2 Å². The molecule has 3 rings (SSSR count). The molecule has 0 amide bonds. The Hall–Kier alpha value is -1.82. The Bertz CT molecular complexity index is 714. The van der Waals surface area contributed by atoms with Crippen LogP contribution >= 0.6 is 22.6 Å². The van der Waals surface area contributed by atoms with Crippen LogP contribution in [0.2, 0.25) is 0 Å². The molecule has 0 unspecified atom stereocenters. The standard InChI is InChI=1S/C18H16INO2/c1-2-22-18(21)14-12-16(20-11-7-6-10-15(14)20)17(19)13-8-4-3-5-9-13/h3-11H,2,12H2,1H3/b17-16+. The van der Waals surface area contributed by atoms with E-state index in [1.807, 2.05) is 49.6 Å². The summed E-state index contributed by atoms with van der Waals surface area (Å²) >= 11 is 2.35. The lowest BCUT2D eigenvalue weighted by Crippen LogP contribution is -2.13. The minimum absolute atomic E-state index is 0.227. The zero-order chi connectivity index (χ0) is 15.5. The van der Waals surface area contributed by atoms with Gasteiger partial charge in [-0.3, -0.25) is 0 Å². The molecule has 0 spiro atoms. The quantitative estimate of drug-likeness (QED) is 0.552. The first-order valence-corrected chi connectivity index (χ1v) is 8.28. The molecule has 0 saturated heterocycles. The van der Waals surface area contributed by atoms with E-state index in [0.717, 1.165) is 26.1 Å². The topological polar surface area (TPSA) is 29.5 Å². The summed E-state index contributed by atoms with van der Waals surface area (Å²) < 4.78 is 6.35. The molecule has 0 N–H and O–H groups in total. The molecule has 112 valence electrons. The summed E-state index contributed by atoms with van der Waals surface area (Å²) in [6.07, 6.45) is 8.48. The minimum Gasteiger partial charge on any atom is -0.463 e. The van der Waals surface area contributed by atoms with Crippen molar-refractivity contribution >= 4 is 32.1 Å². The molecular formula is C18H16INO2. The number of hydrogen-bond acceptors (Lipinski definition) is 3. The van der Waals surface area contributed by atoms with Crippen molar-refractivity contribution in [2.24, 2.45) is 0 Å². The molecule has 0 bridgehead atoms. The number of ether oxygens (including phenoxy) is 1. The van der Waals surface area contributed by atoms with Crippen molar-refractivity contribution in [1.29, 1.82) is 0 Å². The first-order valence-electron chi connectivity index (χ1n) is 7.20. The Morgan fingerprint density at radius 1 is 1.27 bits per heavy atom. The van der Waals surface area contributed by atoms with Crippen molar-refractivity contribution in [3.8, 4) is 0 Å². The lowest BCUT2D eigenvalue weighted by Gasteiger charge is -2.21. The molecule has 0 saturated carbocycles. The van der Waals surface area contributed by atoms with Crippen LogP contribution in [-0.2, 0) is 9.53 Å². The van der Waals surface area contributed by atoms with Crippen LogP contribution in [0.5, 0.6) is 0 Å². The summed E-state index contributed by atoms with van der Waals surface area (Å²) in [5, 5.41) is 0. The molecule has 1 aromatic rings. The fourth-order valence-corrected chi connectivity index (χ4v) is 3.41. The maximum Gasteiger partial charge on any atom is 0.336 e. The van der Waals surface area contributed by atoms with E-state index in [4.69, 9.17) is 4.74 Å². The lowest BCUT2D eigenvalue weighted by molar-refractivity contribution is -0.138. The number of halogens is 1. The van der Waals surface area contributed by atoms with E-state index in [2.05, 4.69) is 39.6 Å². The fraction of sp³-hybridized carbons (Fsp3) is 0.167. The molecular weight excluding hydrogens is 389 g/mol. The summed E-state index contributed by atoms with van der Waals surface area (Å²) in [4.78, 5) is 14.3. The number of fused-ring (bicyclic) bond motifs is 1. The Balaban J connectivity index is 2.02. The van der Waals surface area contributed by atoms with E-state index < -0.39 is 0 Å². The molecule has 3 nitrogen and oxygen atoms in total. The van der Waals surface area contributed by atoms with E-state index in [1.165, 1.54) is 0 Å². The Labute approximate surface area is 143 Å². The second-order valence-corrected chi connectivity index (χ2v) is 6.04. The van der Waals surface area contributed by atoms with Gasteiger partial charge in [-0.15, -0.1) is 0 Å². The third-order valence-corrected chi connectivity index (χ3v) is 4.85. The van der Waals surface area contributed by atoms with E-state index in [0.29, 0.717) is 13.0 Å². The van der Waals surface area contributed by atoms with Gasteiger partial charge in [0.05, 0.1) is 17.9 Å². The summed E-state index contributed by atoms with van der Waals surface area (Å²) in [5.41, 5.74) is 3.92. The van der Waals surface area contributed by atoms with Gasteiger partial charge in [0.15, 0.2) is 0 Å². The first kappa shape index (κ1) is 15.1. The second-order valence-electron chi connectivity index (χ2n) is 4.96. The third kappa shape index (κ3) is 2.75. The Morgan fingerprint density at radius 3 is 2.77 bits per heavy atom. The zero-order valence-electron chi connectivity index (χ0n) is 12.3. The van der Waals surface area contributed by atoms with Crippen molar-refractivity contribution in [1.82, 2.24) is 4.90 Å². The number of carbonyl (C=O) groups is 1. The van der Waals surface area contributed by atoms with E-state index in [9.17, 15) is 4.79 Å². The van der Waals surface area contributed by atoms with Crippen LogP contribution in [0.1, 0.15) is 18.9 Å². The summed E-state index contributed by atoms with van der Waals surface area (Å²) in [7, 11) is 0. The van der Waals surface area contributed by atoms with Gasteiger partial charge >= 0.3 is 5.97 Å². The summed E-state index contributed by atoms with van der Waals surface area (Å²) in [6, 6.07) is 10.2. The molecule has 2 aliphatic rings. The predicted octanol–water partition coefficient (Wildman–Crippen LogP) is 4.40. The number of allylic oxidation sites excluding steroid dienone is 4. The monoisotopic (exact) mass is 405 g/mol. The van der Waals surface area contributed by atoms with Crippen LogP contribution in [-0.4, -0.2) is 17.5 Å². The maximum atomic E-state index is 12.2. The van der Waals surface area contributed by atoms with Crippen molar-refractivity contribution in [2.75, 3.05) is 6.61 Å². The fourth-order valence-electron chi connectivity index (χ4n) is 2.60. The molecule has 2 heterocycles. The summed E-state index contributed by atoms with van der Waals surface area (Å²) in [6.45, 7) is 2.22. The average molecular weight is 405 g/mol. The Morgan fingerprint density at radius 2 is 2.05 bits per heavy atom. The smallest absolute Gasteiger partial charge is 0.336 e. The van der Waals surface area contributed by atoms with E-state index in [-0.39, 0.29) is 5.97 Å². The highest BCUT2D eigenvalue weighted by atomic mass is 127. The van der Waals surface area contributed by atoms with Gasteiger partial charge in [-0.2, -0.15) is 0 Å². The van der Waals surface area contributed by atoms with Crippen LogP contribution in [0.4, 0.5) is 0 Å². The van der Waals surface area contributed by atoms with Crippen molar-refractivity contribution in [2.45, 2.75) is 13.3 Å². The zero-order valence-corrected chi connectivity index (χ0v) is 14.4. The van der Waals surface area contributed by atoms with E-state index >= 15 is 0 Å². The number of nitrogens with zero attached hydrogens (tertiary/aromatic N) is 1. The molecule has 22 heavy (non-hydrogen) atoms. The highest BCUT2D eigenvalue weighted by Crippen LogP contribution is 2.41. The second kappa shape index (κ2) is 6.52. The highest BCUT2D eigenvalue weighted by molar-refractivity contribution is 14.1. The minimum atomic E-state index is -0.227. The largest absolute Gasteiger partial charge is 0.463 e. The molecule has 4 heteroatoms. The number of carbonyl (C=O) groups excluding carboxylic acids is 1. The van der Waals surface area contributed by atoms with Crippen LogP contribution in [0.25, 0.3) is 3.58 Å². The maximum absolute atomic E-state index is 12.2. The molecule has 0 fully saturated rings. The van der Waals surface area contributed by atoms with Gasteiger partial charge in [0.25, 0.3) is 0 Å². The molecule has 0 atom stereocenters. The van der Waals surface area contributed by atoms with Crippen LogP contribution < -0.4 is 0 Å². The highest BCUT2D eigenvalue weighted by Gasteiger charge is 2.32. The molecule has 0 aromatic heterocycles. The van der Waals surface area contributed by atoms with Crippen molar-refractivity contribution in [3.05, 3.63) is 77.3 Å². The number of hydrogen-bond donors (Lipinski definition) is 0. The van der Waals surface area contributed by atoms with Crippen molar-refractivity contribution < 1.29 is 9.53 Å². The molecule has 1 aromatic carbocycles. The SMILES string of the molecule is CCOC(=O)C1=C2C=CC=CN2/C(=C(/I)c2ccccc2)C1. The molecule has 2 aliphatic heterocycles. The average Bonchev–Trinajstić information content (AvgIpc) is 2.95. The third-order valence-electron chi connectivity index (χ3n) is 3.61. The molecule has 0 radical (unpaired) electrons. The normalized spacial score (nSPS) is 18.5.